The second-order valence-corrected chi connectivity index (χ2v) is 9.69. The molecule has 0 bridgehead atoms. The predicted molar refractivity (Wildman–Crippen MR) is 74.1 cm³/mol. The van der Waals surface area contributed by atoms with Crippen LogP contribution in [0.5, 0.6) is 0 Å². The lowest BCUT2D eigenvalue weighted by Crippen LogP contribution is -2.44. The van der Waals surface area contributed by atoms with E-state index in [2.05, 4.69) is 49.0 Å². The molecular weight excluding hydrogens is 228 g/mol. The zero-order chi connectivity index (χ0) is 12.9. The van der Waals surface area contributed by atoms with Crippen molar-refractivity contribution in [3.8, 4) is 0 Å². The fourth-order valence-electron chi connectivity index (χ4n) is 1.66. The van der Waals surface area contributed by atoms with Gasteiger partial charge in [-0.3, -0.25) is 0 Å². The van der Waals surface area contributed by atoms with Gasteiger partial charge < -0.3 is 4.74 Å². The van der Waals surface area contributed by atoms with Crippen molar-refractivity contribution in [1.29, 1.82) is 0 Å². The minimum atomic E-state index is -1.56. The summed E-state index contributed by atoms with van der Waals surface area (Å²) in [5.41, 5.74) is 0.393. The number of benzene rings is 1. The molecule has 1 rings (SSSR count). The topological polar surface area (TPSA) is 26.3 Å². The van der Waals surface area contributed by atoms with E-state index in [4.69, 9.17) is 0 Å². The van der Waals surface area contributed by atoms with Crippen LogP contribution in [-0.2, 0) is 9.53 Å². The van der Waals surface area contributed by atoms with Gasteiger partial charge >= 0.3 is 5.97 Å². The first-order chi connectivity index (χ1) is 7.98. The van der Waals surface area contributed by atoms with Gasteiger partial charge in [-0.1, -0.05) is 61.6 Å². The number of ether oxygens (including phenoxy) is 1. The van der Waals surface area contributed by atoms with Gasteiger partial charge in [-0.15, -0.1) is 0 Å². The number of methoxy groups -OCH3 is 1. The molecule has 1 aromatic carbocycles. The molecule has 0 heterocycles. The Labute approximate surface area is 104 Å². The summed E-state index contributed by atoms with van der Waals surface area (Å²) in [4.78, 5) is 11.1. The number of allylic oxidation sites excluding steroid dienone is 1. The molecule has 0 fully saturated rings. The zero-order valence-electron chi connectivity index (χ0n) is 10.9. The average Bonchev–Trinajstić information content (AvgIpc) is 2.36. The van der Waals surface area contributed by atoms with Crippen molar-refractivity contribution in [2.24, 2.45) is 0 Å². The molecule has 0 saturated carbocycles. The molecule has 17 heavy (non-hydrogen) atoms. The van der Waals surface area contributed by atoms with Gasteiger partial charge in [0.25, 0.3) is 0 Å². The van der Waals surface area contributed by atoms with Crippen LogP contribution in [0, 0.1) is 0 Å². The van der Waals surface area contributed by atoms with Crippen LogP contribution >= 0.6 is 0 Å². The van der Waals surface area contributed by atoms with E-state index in [0.29, 0.717) is 5.54 Å². The van der Waals surface area contributed by atoms with E-state index >= 15 is 0 Å². The highest BCUT2D eigenvalue weighted by Crippen LogP contribution is 2.22. The first-order valence-electron chi connectivity index (χ1n) is 5.80. The Kier molecular flexibility index (Phi) is 4.69. The highest BCUT2D eigenvalue weighted by Gasteiger charge is 2.28. The van der Waals surface area contributed by atoms with Crippen molar-refractivity contribution in [2.45, 2.75) is 25.6 Å². The van der Waals surface area contributed by atoms with E-state index in [1.165, 1.54) is 18.4 Å². The Balaban J connectivity index is 2.84. The number of carbonyl (C=O) groups excluding carboxylic acids is 1. The summed E-state index contributed by atoms with van der Waals surface area (Å²) < 4.78 is 4.61. The van der Waals surface area contributed by atoms with Crippen LogP contribution in [-0.4, -0.2) is 21.2 Å². The van der Waals surface area contributed by atoms with Gasteiger partial charge in [0.15, 0.2) is 0 Å². The molecule has 0 radical (unpaired) electrons. The number of rotatable bonds is 4. The summed E-state index contributed by atoms with van der Waals surface area (Å²) in [5.74, 6) is -0.283. The van der Waals surface area contributed by atoms with Crippen LogP contribution in [0.3, 0.4) is 0 Å². The summed E-state index contributed by atoms with van der Waals surface area (Å²) in [5, 5.41) is 1.40. The van der Waals surface area contributed by atoms with Gasteiger partial charge in [0.05, 0.1) is 15.2 Å². The second kappa shape index (κ2) is 5.82. The molecule has 0 spiro atoms. The molecule has 1 atom stereocenters. The lowest BCUT2D eigenvalue weighted by molar-refractivity contribution is -0.134. The van der Waals surface area contributed by atoms with E-state index in [1.807, 2.05) is 12.1 Å². The van der Waals surface area contributed by atoms with Crippen LogP contribution in [0.15, 0.2) is 42.5 Å². The van der Waals surface area contributed by atoms with Gasteiger partial charge in [0, 0.05) is 6.08 Å². The van der Waals surface area contributed by atoms with E-state index in [0.717, 1.165) is 0 Å². The van der Waals surface area contributed by atoms with Crippen LogP contribution in [0.1, 0.15) is 6.92 Å². The van der Waals surface area contributed by atoms with Gasteiger partial charge in [-0.2, -0.15) is 0 Å². The maximum Gasteiger partial charge on any atom is 0.330 e. The van der Waals surface area contributed by atoms with Crippen molar-refractivity contribution in [1.82, 2.24) is 0 Å². The molecule has 92 valence electrons. The van der Waals surface area contributed by atoms with Crippen molar-refractivity contribution >= 4 is 19.2 Å². The van der Waals surface area contributed by atoms with Crippen molar-refractivity contribution in [2.75, 3.05) is 7.11 Å². The van der Waals surface area contributed by atoms with Crippen molar-refractivity contribution in [3.63, 3.8) is 0 Å². The first kappa shape index (κ1) is 13.7. The number of hydrogen-bond acceptors (Lipinski definition) is 2. The largest absolute Gasteiger partial charge is 0.466 e. The molecule has 0 amide bonds. The molecule has 3 heteroatoms. The maximum atomic E-state index is 11.1. The third kappa shape index (κ3) is 3.56. The SMILES string of the molecule is COC(=O)/C=C\C(C)[Si](C)(C)c1ccccc1. The molecule has 0 aromatic heterocycles. The monoisotopic (exact) mass is 248 g/mol. The van der Waals surface area contributed by atoms with E-state index in [1.54, 1.807) is 0 Å². The standard InChI is InChI=1S/C14H20O2Si/c1-12(10-11-14(15)16-2)17(3,4)13-8-6-5-7-9-13/h5-12H,1-4H3/b11-10-. The van der Waals surface area contributed by atoms with E-state index < -0.39 is 8.07 Å². The molecule has 2 nitrogen and oxygen atoms in total. The van der Waals surface area contributed by atoms with E-state index in [9.17, 15) is 4.79 Å². The Bertz CT molecular complexity index is 396. The summed E-state index contributed by atoms with van der Waals surface area (Å²) in [6, 6.07) is 10.5. The molecular formula is C14H20O2Si. The second-order valence-electron chi connectivity index (χ2n) is 4.76. The van der Waals surface area contributed by atoms with Gasteiger partial charge in [0.2, 0.25) is 0 Å². The molecule has 0 saturated heterocycles. The first-order valence-corrected chi connectivity index (χ1v) is 8.88. The molecule has 0 N–H and O–H groups in total. The number of esters is 1. The van der Waals surface area contributed by atoms with Crippen molar-refractivity contribution in [3.05, 3.63) is 42.5 Å². The van der Waals surface area contributed by atoms with Crippen molar-refractivity contribution < 1.29 is 9.53 Å². The quantitative estimate of drug-likeness (QED) is 0.465. The Morgan fingerprint density at radius 3 is 2.41 bits per heavy atom. The zero-order valence-corrected chi connectivity index (χ0v) is 11.9. The van der Waals surface area contributed by atoms with Crippen LogP contribution in [0.25, 0.3) is 0 Å². The lowest BCUT2D eigenvalue weighted by atomic mass is 10.4. The minimum absolute atomic E-state index is 0.283. The summed E-state index contributed by atoms with van der Waals surface area (Å²) in [7, 11) is -0.157. The molecule has 0 aliphatic rings. The highest BCUT2D eigenvalue weighted by atomic mass is 28.3. The number of hydrogen-bond donors (Lipinski definition) is 0. The molecule has 0 aliphatic carbocycles. The maximum absolute atomic E-state index is 11.1. The molecule has 0 aliphatic heterocycles. The third-order valence-electron chi connectivity index (χ3n) is 3.38. The Morgan fingerprint density at radius 1 is 1.29 bits per heavy atom. The third-order valence-corrected chi connectivity index (χ3v) is 7.67. The van der Waals surface area contributed by atoms with Crippen LogP contribution in [0.2, 0.25) is 18.6 Å². The Morgan fingerprint density at radius 2 is 1.88 bits per heavy atom. The summed E-state index contributed by atoms with van der Waals surface area (Å²) in [6.07, 6.45) is 3.49. The summed E-state index contributed by atoms with van der Waals surface area (Å²) in [6.45, 7) is 6.79. The Hall–Kier alpha value is -1.35. The van der Waals surface area contributed by atoms with Gasteiger partial charge in [-0.05, 0) is 5.54 Å². The fourth-order valence-corrected chi connectivity index (χ4v) is 3.82. The van der Waals surface area contributed by atoms with E-state index in [-0.39, 0.29) is 5.97 Å². The molecule has 1 aromatic rings. The smallest absolute Gasteiger partial charge is 0.330 e. The summed E-state index contributed by atoms with van der Waals surface area (Å²) >= 11 is 0. The van der Waals surface area contributed by atoms with Gasteiger partial charge in [-0.25, -0.2) is 4.79 Å². The van der Waals surface area contributed by atoms with Gasteiger partial charge in [0.1, 0.15) is 0 Å². The normalized spacial score (nSPS) is 13.6. The fraction of sp³-hybridized carbons (Fsp3) is 0.357. The van der Waals surface area contributed by atoms with Crippen LogP contribution < -0.4 is 5.19 Å². The van der Waals surface area contributed by atoms with Crippen LogP contribution in [0.4, 0.5) is 0 Å². The average molecular weight is 248 g/mol. The number of carbonyl (C=O) groups is 1. The highest BCUT2D eigenvalue weighted by molar-refractivity contribution is 6.91. The lowest BCUT2D eigenvalue weighted by Gasteiger charge is -2.28. The minimum Gasteiger partial charge on any atom is -0.466 e. The predicted octanol–water partition coefficient (Wildman–Crippen LogP) is 2.72. The molecule has 1 unspecified atom stereocenters.